The number of halogens is 1. The third kappa shape index (κ3) is 3.63. The van der Waals surface area contributed by atoms with Gasteiger partial charge in [0.2, 0.25) is 0 Å². The van der Waals surface area contributed by atoms with E-state index in [1.54, 1.807) is 0 Å². The highest BCUT2D eigenvalue weighted by Gasteiger charge is 2.28. The molecule has 1 aliphatic rings. The largest absolute Gasteiger partial charge is 0.348 e. The predicted molar refractivity (Wildman–Crippen MR) is 86.2 cm³/mol. The normalized spacial score (nSPS) is 23.0. The molecule has 0 aromatic heterocycles. The standard InChI is InChI=1S/C14H18INOS/c1-2-18-13-8-4-7-12(13)16-14(17)10-5-3-6-11(15)9-10/h3,5-6,9,12-13H,2,4,7-8H2,1H3,(H,16,17). The molecule has 2 atom stereocenters. The molecule has 2 nitrogen and oxygen atoms in total. The Bertz CT molecular complexity index is 424. The zero-order valence-electron chi connectivity index (χ0n) is 10.5. The molecule has 0 aliphatic heterocycles. The van der Waals surface area contributed by atoms with E-state index in [1.165, 1.54) is 12.8 Å². The minimum atomic E-state index is 0.0714. The summed E-state index contributed by atoms with van der Waals surface area (Å²) in [5.74, 6) is 1.20. The minimum Gasteiger partial charge on any atom is -0.348 e. The molecule has 0 saturated heterocycles. The zero-order valence-corrected chi connectivity index (χ0v) is 13.5. The van der Waals surface area contributed by atoms with E-state index in [2.05, 4.69) is 34.8 Å². The number of rotatable bonds is 4. The van der Waals surface area contributed by atoms with Crippen LogP contribution in [0.25, 0.3) is 0 Å². The van der Waals surface area contributed by atoms with Crippen molar-refractivity contribution in [2.75, 3.05) is 5.75 Å². The molecule has 0 heterocycles. The summed E-state index contributed by atoms with van der Waals surface area (Å²) in [5, 5.41) is 3.79. The lowest BCUT2D eigenvalue weighted by Gasteiger charge is -2.20. The summed E-state index contributed by atoms with van der Waals surface area (Å²) in [7, 11) is 0. The summed E-state index contributed by atoms with van der Waals surface area (Å²) in [4.78, 5) is 12.2. The Balaban J connectivity index is 1.98. The fourth-order valence-corrected chi connectivity index (χ4v) is 4.13. The molecule has 1 fully saturated rings. The number of hydrogen-bond acceptors (Lipinski definition) is 2. The lowest BCUT2D eigenvalue weighted by Crippen LogP contribution is -2.38. The Morgan fingerprint density at radius 1 is 1.50 bits per heavy atom. The summed E-state index contributed by atoms with van der Waals surface area (Å²) in [6.07, 6.45) is 3.58. The molecule has 0 radical (unpaired) electrons. The maximum Gasteiger partial charge on any atom is 0.251 e. The van der Waals surface area contributed by atoms with Crippen molar-refractivity contribution in [3.05, 3.63) is 33.4 Å². The van der Waals surface area contributed by atoms with E-state index in [-0.39, 0.29) is 5.91 Å². The number of carbonyl (C=O) groups excluding carboxylic acids is 1. The number of hydrogen-bond donors (Lipinski definition) is 1. The van der Waals surface area contributed by atoms with Crippen molar-refractivity contribution in [1.29, 1.82) is 0 Å². The van der Waals surface area contributed by atoms with Crippen molar-refractivity contribution < 1.29 is 4.79 Å². The van der Waals surface area contributed by atoms with Gasteiger partial charge < -0.3 is 5.32 Å². The van der Waals surface area contributed by atoms with Crippen molar-refractivity contribution in [3.63, 3.8) is 0 Å². The molecule has 1 N–H and O–H groups in total. The second kappa shape index (κ2) is 6.80. The Labute approximate surface area is 126 Å². The molecule has 1 aliphatic carbocycles. The van der Waals surface area contributed by atoms with Crippen LogP contribution in [0.5, 0.6) is 0 Å². The first kappa shape index (κ1) is 14.2. The minimum absolute atomic E-state index is 0.0714. The van der Waals surface area contributed by atoms with Crippen LogP contribution in [0.4, 0.5) is 0 Å². The smallest absolute Gasteiger partial charge is 0.251 e. The number of nitrogens with one attached hydrogen (secondary N) is 1. The molecular formula is C14H18INOS. The van der Waals surface area contributed by atoms with E-state index in [9.17, 15) is 4.79 Å². The monoisotopic (exact) mass is 375 g/mol. The van der Waals surface area contributed by atoms with Gasteiger partial charge in [-0.1, -0.05) is 19.4 Å². The fourth-order valence-electron chi connectivity index (χ4n) is 2.39. The third-order valence-corrected chi connectivity index (χ3v) is 5.23. The van der Waals surface area contributed by atoms with E-state index in [1.807, 2.05) is 36.0 Å². The van der Waals surface area contributed by atoms with Gasteiger partial charge in [-0.15, -0.1) is 0 Å². The summed E-state index contributed by atoms with van der Waals surface area (Å²) >= 11 is 4.21. The molecule has 1 aromatic rings. The molecular weight excluding hydrogens is 357 g/mol. The van der Waals surface area contributed by atoms with Gasteiger partial charge >= 0.3 is 0 Å². The van der Waals surface area contributed by atoms with Crippen LogP contribution in [-0.4, -0.2) is 23.0 Å². The van der Waals surface area contributed by atoms with Gasteiger partial charge in [0.1, 0.15) is 0 Å². The lowest BCUT2D eigenvalue weighted by atomic mass is 10.2. The second-order valence-electron chi connectivity index (χ2n) is 4.51. The summed E-state index contributed by atoms with van der Waals surface area (Å²) in [6.45, 7) is 2.18. The first-order valence-corrected chi connectivity index (χ1v) is 8.51. The molecule has 1 amide bonds. The Morgan fingerprint density at radius 2 is 2.33 bits per heavy atom. The van der Waals surface area contributed by atoms with E-state index in [0.717, 1.165) is 21.3 Å². The Hall–Kier alpha value is -0.230. The Morgan fingerprint density at radius 3 is 3.06 bits per heavy atom. The van der Waals surface area contributed by atoms with E-state index in [4.69, 9.17) is 0 Å². The van der Waals surface area contributed by atoms with Gasteiger partial charge in [0, 0.05) is 20.4 Å². The molecule has 18 heavy (non-hydrogen) atoms. The number of carbonyl (C=O) groups is 1. The highest BCUT2D eigenvalue weighted by atomic mass is 127. The van der Waals surface area contributed by atoms with E-state index >= 15 is 0 Å². The van der Waals surface area contributed by atoms with Crippen LogP contribution < -0.4 is 5.32 Å². The van der Waals surface area contributed by atoms with Crippen LogP contribution in [-0.2, 0) is 0 Å². The average molecular weight is 375 g/mol. The quantitative estimate of drug-likeness (QED) is 0.814. The van der Waals surface area contributed by atoms with Crippen LogP contribution in [0.2, 0.25) is 0 Å². The fraction of sp³-hybridized carbons (Fsp3) is 0.500. The van der Waals surface area contributed by atoms with Crippen molar-refractivity contribution in [2.45, 2.75) is 37.5 Å². The maximum absolute atomic E-state index is 12.2. The third-order valence-electron chi connectivity index (χ3n) is 3.24. The van der Waals surface area contributed by atoms with Gasteiger partial charge in [0.15, 0.2) is 0 Å². The Kier molecular flexibility index (Phi) is 5.36. The topological polar surface area (TPSA) is 29.1 Å². The maximum atomic E-state index is 12.2. The van der Waals surface area contributed by atoms with Crippen molar-refractivity contribution >= 4 is 40.3 Å². The van der Waals surface area contributed by atoms with Gasteiger partial charge in [-0.3, -0.25) is 4.79 Å². The molecule has 0 bridgehead atoms. The molecule has 1 saturated carbocycles. The van der Waals surface area contributed by atoms with Crippen molar-refractivity contribution in [3.8, 4) is 0 Å². The first-order valence-electron chi connectivity index (χ1n) is 6.38. The van der Waals surface area contributed by atoms with E-state index < -0.39 is 0 Å². The summed E-state index contributed by atoms with van der Waals surface area (Å²) in [5.41, 5.74) is 0.772. The van der Waals surface area contributed by atoms with Crippen LogP contribution in [0.15, 0.2) is 24.3 Å². The second-order valence-corrected chi connectivity index (χ2v) is 7.28. The van der Waals surface area contributed by atoms with Crippen LogP contribution in [0.3, 0.4) is 0 Å². The lowest BCUT2D eigenvalue weighted by molar-refractivity contribution is 0.0938. The van der Waals surface area contributed by atoms with Crippen molar-refractivity contribution in [1.82, 2.24) is 5.32 Å². The van der Waals surface area contributed by atoms with Gasteiger partial charge in [-0.2, -0.15) is 11.8 Å². The molecule has 2 rings (SSSR count). The molecule has 0 spiro atoms. The number of benzene rings is 1. The van der Waals surface area contributed by atoms with Crippen LogP contribution in [0.1, 0.15) is 36.5 Å². The van der Waals surface area contributed by atoms with Gasteiger partial charge in [0.05, 0.1) is 0 Å². The zero-order chi connectivity index (χ0) is 13.0. The first-order chi connectivity index (χ1) is 8.70. The van der Waals surface area contributed by atoms with Crippen LogP contribution in [0, 0.1) is 3.57 Å². The average Bonchev–Trinajstić information content (AvgIpc) is 2.77. The molecule has 98 valence electrons. The predicted octanol–water partition coefficient (Wildman–Crippen LogP) is 3.70. The molecule has 4 heteroatoms. The van der Waals surface area contributed by atoms with E-state index in [0.29, 0.717) is 11.3 Å². The summed E-state index contributed by atoms with van der Waals surface area (Å²) in [6, 6.07) is 8.10. The van der Waals surface area contributed by atoms with Gasteiger partial charge in [-0.25, -0.2) is 0 Å². The highest BCUT2D eigenvalue weighted by molar-refractivity contribution is 14.1. The van der Waals surface area contributed by atoms with Gasteiger partial charge in [0.25, 0.3) is 5.91 Å². The number of amides is 1. The van der Waals surface area contributed by atoms with Gasteiger partial charge in [-0.05, 0) is 59.4 Å². The van der Waals surface area contributed by atoms with Crippen molar-refractivity contribution in [2.24, 2.45) is 0 Å². The highest BCUT2D eigenvalue weighted by Crippen LogP contribution is 2.30. The summed E-state index contributed by atoms with van der Waals surface area (Å²) < 4.78 is 1.10. The SMILES string of the molecule is CCSC1CCCC1NC(=O)c1cccc(I)c1. The molecule has 1 aromatic carbocycles. The number of thioether (sulfide) groups is 1. The molecule has 2 unspecified atom stereocenters. The van der Waals surface area contributed by atoms with Crippen LogP contribution >= 0.6 is 34.4 Å².